The molecule has 0 radical (unpaired) electrons. The van der Waals surface area contributed by atoms with Gasteiger partial charge in [0.15, 0.2) is 0 Å². The third-order valence-electron chi connectivity index (χ3n) is 3.51. The number of nitrogens with one attached hydrogen (secondary N) is 2. The molecule has 1 aromatic carbocycles. The molecule has 0 aromatic heterocycles. The molecule has 2 atom stereocenters. The van der Waals surface area contributed by atoms with Crippen LogP contribution in [0, 0.1) is 5.92 Å². The number of benzene rings is 1. The van der Waals surface area contributed by atoms with Crippen LogP contribution in [0.2, 0.25) is 0 Å². The number of carbonyl (C=O) groups excluding carboxylic acids is 1. The fourth-order valence-corrected chi connectivity index (χ4v) is 2.21. The SMILES string of the molecule is COc1cccc(C(=O)NC(CNC(CC(C)C)C(=O)O)C(=O)O)c1. The smallest absolute Gasteiger partial charge is 0.327 e. The van der Waals surface area contributed by atoms with E-state index >= 15 is 0 Å². The molecule has 0 saturated heterocycles. The quantitative estimate of drug-likeness (QED) is 0.494. The highest BCUT2D eigenvalue weighted by molar-refractivity contribution is 5.97. The van der Waals surface area contributed by atoms with E-state index in [-0.39, 0.29) is 18.0 Å². The Balaban J connectivity index is 2.74. The summed E-state index contributed by atoms with van der Waals surface area (Å²) in [5.74, 6) is -2.29. The van der Waals surface area contributed by atoms with Crippen molar-refractivity contribution in [2.75, 3.05) is 13.7 Å². The van der Waals surface area contributed by atoms with Crippen molar-refractivity contribution < 1.29 is 29.3 Å². The van der Waals surface area contributed by atoms with Crippen LogP contribution in [-0.4, -0.2) is 53.8 Å². The standard InChI is InChI=1S/C17H24N2O6/c1-10(2)7-13(16(21)22)18-9-14(17(23)24)19-15(20)11-5-4-6-12(8-11)25-3/h4-6,8,10,13-14,18H,7,9H2,1-3H3,(H,19,20)(H,21,22)(H,23,24). The second-order valence-electron chi connectivity index (χ2n) is 6.02. The zero-order chi connectivity index (χ0) is 19.0. The summed E-state index contributed by atoms with van der Waals surface area (Å²) in [6, 6.07) is 4.16. The number of carboxylic acid groups (broad SMARTS) is 2. The molecule has 0 fully saturated rings. The molecule has 0 spiro atoms. The lowest BCUT2D eigenvalue weighted by molar-refractivity contribution is -0.142. The number of hydrogen-bond acceptors (Lipinski definition) is 5. The minimum absolute atomic E-state index is 0.128. The van der Waals surface area contributed by atoms with Crippen LogP contribution in [0.5, 0.6) is 5.75 Å². The molecule has 0 heterocycles. The first-order valence-corrected chi connectivity index (χ1v) is 7.88. The first-order chi connectivity index (χ1) is 11.7. The van der Waals surface area contributed by atoms with Gasteiger partial charge in [0.1, 0.15) is 17.8 Å². The van der Waals surface area contributed by atoms with Gasteiger partial charge in [0.25, 0.3) is 5.91 Å². The second kappa shape index (κ2) is 9.63. The van der Waals surface area contributed by atoms with Crippen LogP contribution < -0.4 is 15.4 Å². The van der Waals surface area contributed by atoms with Gasteiger partial charge in [-0.25, -0.2) is 4.79 Å². The molecule has 1 amide bonds. The van der Waals surface area contributed by atoms with Crippen molar-refractivity contribution in [3.8, 4) is 5.75 Å². The summed E-state index contributed by atoms with van der Waals surface area (Å²) in [4.78, 5) is 34.8. The Kier molecular flexibility index (Phi) is 7.87. The highest BCUT2D eigenvalue weighted by atomic mass is 16.5. The van der Waals surface area contributed by atoms with Crippen LogP contribution in [0.1, 0.15) is 30.6 Å². The fourth-order valence-electron chi connectivity index (χ4n) is 2.21. The van der Waals surface area contributed by atoms with Gasteiger partial charge in [-0.2, -0.15) is 0 Å². The zero-order valence-electron chi connectivity index (χ0n) is 14.5. The van der Waals surface area contributed by atoms with Gasteiger partial charge in [-0.1, -0.05) is 19.9 Å². The minimum atomic E-state index is -1.26. The maximum atomic E-state index is 12.2. The summed E-state index contributed by atoms with van der Waals surface area (Å²) >= 11 is 0. The normalized spacial score (nSPS) is 13.1. The lowest BCUT2D eigenvalue weighted by Crippen LogP contribution is -2.51. The lowest BCUT2D eigenvalue weighted by Gasteiger charge is -2.20. The third kappa shape index (κ3) is 6.80. The van der Waals surface area contributed by atoms with E-state index in [1.807, 2.05) is 13.8 Å². The number of carbonyl (C=O) groups is 3. The molecule has 0 aliphatic carbocycles. The van der Waals surface area contributed by atoms with Crippen molar-refractivity contribution in [2.24, 2.45) is 5.92 Å². The predicted octanol–water partition coefficient (Wildman–Crippen LogP) is 0.967. The average Bonchev–Trinajstić information content (AvgIpc) is 2.56. The van der Waals surface area contributed by atoms with E-state index in [2.05, 4.69) is 10.6 Å². The molecule has 8 nitrogen and oxygen atoms in total. The molecule has 0 saturated carbocycles. The first kappa shape index (κ1) is 20.4. The van der Waals surface area contributed by atoms with Gasteiger partial charge in [0, 0.05) is 12.1 Å². The molecule has 1 aromatic rings. The Bertz CT molecular complexity index is 617. The molecule has 4 N–H and O–H groups in total. The molecular formula is C17H24N2O6. The number of aliphatic carboxylic acids is 2. The van der Waals surface area contributed by atoms with Crippen molar-refractivity contribution in [3.63, 3.8) is 0 Å². The fraction of sp³-hybridized carbons (Fsp3) is 0.471. The zero-order valence-corrected chi connectivity index (χ0v) is 14.5. The molecule has 2 unspecified atom stereocenters. The molecular weight excluding hydrogens is 328 g/mol. The molecule has 1 rings (SSSR count). The van der Waals surface area contributed by atoms with Gasteiger partial charge in [0.05, 0.1) is 7.11 Å². The summed E-state index contributed by atoms with van der Waals surface area (Å²) in [7, 11) is 1.46. The van der Waals surface area contributed by atoms with E-state index in [1.54, 1.807) is 12.1 Å². The summed E-state index contributed by atoms with van der Waals surface area (Å²) in [5, 5.41) is 23.5. The van der Waals surface area contributed by atoms with Crippen molar-refractivity contribution in [1.82, 2.24) is 10.6 Å². The molecule has 25 heavy (non-hydrogen) atoms. The van der Waals surface area contributed by atoms with Gasteiger partial charge >= 0.3 is 11.9 Å². The number of ether oxygens (including phenoxy) is 1. The van der Waals surface area contributed by atoms with Crippen molar-refractivity contribution >= 4 is 17.8 Å². The minimum Gasteiger partial charge on any atom is -0.497 e. The van der Waals surface area contributed by atoms with Crippen molar-refractivity contribution in [1.29, 1.82) is 0 Å². The topological polar surface area (TPSA) is 125 Å². The van der Waals surface area contributed by atoms with Gasteiger partial charge in [-0.05, 0) is 30.5 Å². The number of rotatable bonds is 10. The van der Waals surface area contributed by atoms with Gasteiger partial charge in [-0.3, -0.25) is 9.59 Å². The van der Waals surface area contributed by atoms with E-state index in [0.717, 1.165) is 0 Å². The maximum absolute atomic E-state index is 12.2. The predicted molar refractivity (Wildman–Crippen MR) is 90.8 cm³/mol. The highest BCUT2D eigenvalue weighted by Gasteiger charge is 2.25. The van der Waals surface area contributed by atoms with E-state index < -0.39 is 29.9 Å². The lowest BCUT2D eigenvalue weighted by atomic mass is 10.0. The van der Waals surface area contributed by atoms with Crippen molar-refractivity contribution in [3.05, 3.63) is 29.8 Å². The van der Waals surface area contributed by atoms with Crippen LogP contribution in [-0.2, 0) is 9.59 Å². The molecule has 0 aliphatic heterocycles. The Morgan fingerprint density at radius 3 is 2.28 bits per heavy atom. The molecule has 138 valence electrons. The number of methoxy groups -OCH3 is 1. The average molecular weight is 352 g/mol. The molecule has 0 bridgehead atoms. The van der Waals surface area contributed by atoms with E-state index in [0.29, 0.717) is 12.2 Å². The van der Waals surface area contributed by atoms with E-state index in [1.165, 1.54) is 19.2 Å². The van der Waals surface area contributed by atoms with Crippen LogP contribution in [0.25, 0.3) is 0 Å². The van der Waals surface area contributed by atoms with Crippen LogP contribution in [0.3, 0.4) is 0 Å². The number of amides is 1. The summed E-state index contributed by atoms with van der Waals surface area (Å²) in [6.07, 6.45) is 0.353. The Morgan fingerprint density at radius 1 is 1.12 bits per heavy atom. The van der Waals surface area contributed by atoms with Crippen LogP contribution in [0.4, 0.5) is 0 Å². The van der Waals surface area contributed by atoms with Crippen LogP contribution in [0.15, 0.2) is 24.3 Å². The van der Waals surface area contributed by atoms with E-state index in [4.69, 9.17) is 4.74 Å². The monoisotopic (exact) mass is 352 g/mol. The molecule has 0 aliphatic rings. The van der Waals surface area contributed by atoms with Gasteiger partial charge in [0.2, 0.25) is 0 Å². The molecule has 8 heteroatoms. The Hall–Kier alpha value is -2.61. The second-order valence-corrected chi connectivity index (χ2v) is 6.02. The highest BCUT2D eigenvalue weighted by Crippen LogP contribution is 2.12. The van der Waals surface area contributed by atoms with Gasteiger partial charge < -0.3 is 25.6 Å². The Labute approximate surface area is 146 Å². The maximum Gasteiger partial charge on any atom is 0.327 e. The van der Waals surface area contributed by atoms with Crippen LogP contribution >= 0.6 is 0 Å². The van der Waals surface area contributed by atoms with E-state index in [9.17, 15) is 24.6 Å². The summed E-state index contributed by atoms with van der Waals surface area (Å²) < 4.78 is 5.03. The van der Waals surface area contributed by atoms with Gasteiger partial charge in [-0.15, -0.1) is 0 Å². The Morgan fingerprint density at radius 2 is 1.76 bits per heavy atom. The number of hydrogen-bond donors (Lipinski definition) is 4. The summed E-state index contributed by atoms with van der Waals surface area (Å²) in [6.45, 7) is 3.54. The third-order valence-corrected chi connectivity index (χ3v) is 3.51. The largest absolute Gasteiger partial charge is 0.497 e. The first-order valence-electron chi connectivity index (χ1n) is 7.88. The van der Waals surface area contributed by atoms with Crippen molar-refractivity contribution in [2.45, 2.75) is 32.4 Å². The number of carboxylic acids is 2. The summed E-state index contributed by atoms with van der Waals surface area (Å²) in [5.41, 5.74) is 0.252.